The summed E-state index contributed by atoms with van der Waals surface area (Å²) in [4.78, 5) is 10.6. The molecule has 0 aliphatic carbocycles. The highest BCUT2D eigenvalue weighted by Gasteiger charge is 1.99. The highest BCUT2D eigenvalue weighted by atomic mass is 16.1. The number of allylic oxidation sites excluding steroid dienone is 1. The van der Waals surface area contributed by atoms with Crippen molar-refractivity contribution in [2.75, 3.05) is 13.1 Å². The van der Waals surface area contributed by atoms with Crippen LogP contribution in [0.2, 0.25) is 0 Å². The van der Waals surface area contributed by atoms with Gasteiger partial charge in [-0.1, -0.05) is 290 Å². The number of primary amides is 1. The number of nitrogens with two attached hydrogens (primary N) is 1. The van der Waals surface area contributed by atoms with Crippen molar-refractivity contribution in [1.82, 2.24) is 5.32 Å². The summed E-state index contributed by atoms with van der Waals surface area (Å²) in [6.45, 7) is 10.9. The lowest BCUT2D eigenvalue weighted by molar-refractivity contribution is -0.118. The van der Waals surface area contributed by atoms with Gasteiger partial charge in [0.25, 0.3) is 0 Å². The summed E-state index contributed by atoms with van der Waals surface area (Å²) >= 11 is 0. The molecule has 58 heavy (non-hydrogen) atoms. The molecule has 0 aliphatic rings. The molecule has 0 atom stereocenters. The van der Waals surface area contributed by atoms with Crippen molar-refractivity contribution in [2.24, 2.45) is 5.73 Å². The lowest BCUT2D eigenvalue weighted by atomic mass is 10.0. The molecule has 0 heterocycles. The summed E-state index contributed by atoms with van der Waals surface area (Å²) in [6, 6.07) is 0. The maximum absolute atomic E-state index is 10.6. The van der Waals surface area contributed by atoms with E-state index in [1.165, 1.54) is 308 Å². The van der Waals surface area contributed by atoms with E-state index in [9.17, 15) is 4.79 Å². The summed E-state index contributed by atoms with van der Waals surface area (Å²) in [5, 5.41) is 3.68. The molecule has 0 unspecified atom stereocenters. The van der Waals surface area contributed by atoms with E-state index < -0.39 is 0 Å². The van der Waals surface area contributed by atoms with Crippen LogP contribution in [0, 0.1) is 0 Å². The molecule has 0 saturated heterocycles. The second-order valence-corrected chi connectivity index (χ2v) is 18.6. The molecule has 0 aromatic carbocycles. The summed E-state index contributed by atoms with van der Waals surface area (Å²) in [7, 11) is 0. The number of rotatable bonds is 51. The van der Waals surface area contributed by atoms with Gasteiger partial charge in [-0.3, -0.25) is 4.79 Å². The Morgan fingerprint density at radius 1 is 0.345 bits per heavy atom. The van der Waals surface area contributed by atoms with Gasteiger partial charge in [-0.25, -0.2) is 0 Å². The number of hydrogen-bond acceptors (Lipinski definition) is 2. The van der Waals surface area contributed by atoms with Crippen LogP contribution in [0.4, 0.5) is 0 Å². The summed E-state index contributed by atoms with van der Waals surface area (Å²) in [6.07, 6.45) is 69.1. The van der Waals surface area contributed by atoms with Crippen molar-refractivity contribution < 1.29 is 4.79 Å². The predicted octanol–water partition coefficient (Wildman–Crippen LogP) is 19.0. The fourth-order valence-corrected chi connectivity index (χ4v) is 8.43. The molecule has 0 aromatic rings. The first-order chi connectivity index (χ1) is 28.7. The average Bonchev–Trinajstić information content (AvgIpc) is 3.22. The third kappa shape index (κ3) is 61.8. The lowest BCUT2D eigenvalue weighted by Crippen LogP contribution is -2.16. The Hall–Kier alpha value is -0.830. The first kappa shape index (κ1) is 59.3. The van der Waals surface area contributed by atoms with Crippen molar-refractivity contribution >= 4 is 5.91 Å². The third-order valence-electron chi connectivity index (χ3n) is 12.5. The van der Waals surface area contributed by atoms with Gasteiger partial charge < -0.3 is 11.1 Å². The molecule has 0 aliphatic heterocycles. The van der Waals surface area contributed by atoms with Crippen LogP contribution in [0.25, 0.3) is 0 Å². The molecule has 348 valence electrons. The SMILES string of the molecule is C=CCCCCCCCCCCCCCCCCCNCCCCCCCCCCCCCCCCCC.CCCCCCCCCCCCCCCCCC(N)=O. The Labute approximate surface area is 368 Å². The predicted molar refractivity (Wildman–Crippen MR) is 265 cm³/mol. The highest BCUT2D eigenvalue weighted by molar-refractivity contribution is 5.73. The molecule has 3 nitrogen and oxygen atoms in total. The van der Waals surface area contributed by atoms with Gasteiger partial charge in [0.15, 0.2) is 0 Å². The van der Waals surface area contributed by atoms with E-state index >= 15 is 0 Å². The minimum Gasteiger partial charge on any atom is -0.370 e. The normalized spacial score (nSPS) is 11.2. The molecular formula is C55H112N2O. The van der Waals surface area contributed by atoms with Crippen molar-refractivity contribution in [3.63, 3.8) is 0 Å². The molecule has 3 N–H and O–H groups in total. The Morgan fingerprint density at radius 2 is 0.552 bits per heavy atom. The van der Waals surface area contributed by atoms with Crippen LogP contribution in [0.15, 0.2) is 12.7 Å². The molecule has 0 fully saturated rings. The van der Waals surface area contributed by atoms with Gasteiger partial charge in [-0.2, -0.15) is 0 Å². The number of unbranched alkanes of at least 4 members (excludes halogenated alkanes) is 44. The zero-order valence-electron chi connectivity index (χ0n) is 40.6. The number of nitrogens with one attached hydrogen (secondary N) is 1. The molecule has 3 heteroatoms. The highest BCUT2D eigenvalue weighted by Crippen LogP contribution is 2.16. The van der Waals surface area contributed by atoms with Crippen LogP contribution >= 0.6 is 0 Å². The van der Waals surface area contributed by atoms with Gasteiger partial charge in [0.1, 0.15) is 0 Å². The maximum atomic E-state index is 10.6. The Morgan fingerprint density at radius 3 is 0.776 bits per heavy atom. The standard InChI is InChI=1S/C37H75N.C18H37NO/c1-3-5-7-9-11-13-15-17-19-21-23-25-27-29-31-33-35-37-38-36-34-32-30-28-26-24-22-20-18-16-14-12-10-8-6-4-2;1-2-3-4-5-6-7-8-9-10-11-12-13-14-15-16-17-18(19)20/h3,38H,1,4-37H2,2H3;2-17H2,1H3,(H2,19,20). The minimum atomic E-state index is -0.153. The average molecular weight is 818 g/mol. The van der Waals surface area contributed by atoms with Gasteiger partial charge in [0, 0.05) is 6.42 Å². The molecule has 0 rings (SSSR count). The fourth-order valence-electron chi connectivity index (χ4n) is 8.43. The van der Waals surface area contributed by atoms with Gasteiger partial charge in [-0.05, 0) is 45.2 Å². The zero-order chi connectivity index (χ0) is 42.3. The van der Waals surface area contributed by atoms with Crippen LogP contribution in [0.5, 0.6) is 0 Å². The topological polar surface area (TPSA) is 55.1 Å². The molecular weight excluding hydrogens is 705 g/mol. The van der Waals surface area contributed by atoms with E-state index in [2.05, 4.69) is 31.8 Å². The quantitative estimate of drug-likeness (QED) is 0.0475. The van der Waals surface area contributed by atoms with E-state index in [-0.39, 0.29) is 5.91 Å². The van der Waals surface area contributed by atoms with Crippen LogP contribution in [0.1, 0.15) is 322 Å². The molecule has 0 saturated carbocycles. The van der Waals surface area contributed by atoms with Gasteiger partial charge in [0.05, 0.1) is 0 Å². The monoisotopic (exact) mass is 817 g/mol. The van der Waals surface area contributed by atoms with E-state index in [4.69, 9.17) is 5.73 Å². The first-order valence-electron chi connectivity index (χ1n) is 27.3. The molecule has 0 radical (unpaired) electrons. The maximum Gasteiger partial charge on any atom is 0.217 e. The van der Waals surface area contributed by atoms with Crippen molar-refractivity contribution in [1.29, 1.82) is 0 Å². The largest absolute Gasteiger partial charge is 0.370 e. The second kappa shape index (κ2) is 58.3. The third-order valence-corrected chi connectivity index (χ3v) is 12.5. The molecule has 1 amide bonds. The van der Waals surface area contributed by atoms with E-state index in [0.717, 1.165) is 6.42 Å². The van der Waals surface area contributed by atoms with Gasteiger partial charge >= 0.3 is 0 Å². The number of hydrogen-bond donors (Lipinski definition) is 2. The fraction of sp³-hybridized carbons (Fsp3) is 0.945. The second-order valence-electron chi connectivity index (χ2n) is 18.6. The summed E-state index contributed by atoms with van der Waals surface area (Å²) < 4.78 is 0. The smallest absolute Gasteiger partial charge is 0.217 e. The lowest BCUT2D eigenvalue weighted by Gasteiger charge is -2.06. The minimum absolute atomic E-state index is 0.153. The van der Waals surface area contributed by atoms with Crippen LogP contribution < -0.4 is 11.1 Å². The van der Waals surface area contributed by atoms with E-state index in [0.29, 0.717) is 6.42 Å². The summed E-state index contributed by atoms with van der Waals surface area (Å²) in [5.41, 5.74) is 5.11. The number of carbonyl (C=O) groups is 1. The molecule has 0 bridgehead atoms. The number of amides is 1. The Kier molecular flexibility index (Phi) is 59.5. The van der Waals surface area contributed by atoms with Gasteiger partial charge in [-0.15, -0.1) is 6.58 Å². The summed E-state index contributed by atoms with van der Waals surface area (Å²) in [5.74, 6) is -0.153. The van der Waals surface area contributed by atoms with Crippen molar-refractivity contribution in [3.05, 3.63) is 12.7 Å². The van der Waals surface area contributed by atoms with Gasteiger partial charge in [0.2, 0.25) is 5.91 Å². The van der Waals surface area contributed by atoms with E-state index in [1.54, 1.807) is 0 Å². The number of carbonyl (C=O) groups excluding carboxylic acids is 1. The Bertz CT molecular complexity index is 723. The molecule has 0 spiro atoms. The Balaban J connectivity index is 0. The van der Waals surface area contributed by atoms with Crippen LogP contribution in [-0.4, -0.2) is 19.0 Å². The van der Waals surface area contributed by atoms with Crippen LogP contribution in [-0.2, 0) is 4.79 Å². The van der Waals surface area contributed by atoms with E-state index in [1.807, 2.05) is 0 Å². The van der Waals surface area contributed by atoms with Crippen LogP contribution in [0.3, 0.4) is 0 Å². The molecule has 0 aromatic heterocycles. The first-order valence-corrected chi connectivity index (χ1v) is 27.3. The van der Waals surface area contributed by atoms with Crippen molar-refractivity contribution in [2.45, 2.75) is 322 Å². The van der Waals surface area contributed by atoms with Crippen molar-refractivity contribution in [3.8, 4) is 0 Å². The zero-order valence-corrected chi connectivity index (χ0v) is 40.6.